The summed E-state index contributed by atoms with van der Waals surface area (Å²) >= 11 is 1.81. The molecule has 5 heteroatoms. The number of hydrogen-bond donors (Lipinski definition) is 1. The molecule has 4 nitrogen and oxygen atoms in total. The highest BCUT2D eigenvalue weighted by Gasteiger charge is 2.44. The van der Waals surface area contributed by atoms with Gasteiger partial charge in [-0.05, 0) is 38.0 Å². The maximum Gasteiger partial charge on any atom is 0.243 e. The van der Waals surface area contributed by atoms with Crippen LogP contribution in [0.5, 0.6) is 0 Å². The van der Waals surface area contributed by atoms with Crippen LogP contribution in [0, 0.1) is 11.8 Å². The Morgan fingerprint density at radius 1 is 1.00 bits per heavy atom. The molecule has 0 aromatic carbocycles. The molecule has 2 amide bonds. The Kier molecular flexibility index (Phi) is 7.30. The summed E-state index contributed by atoms with van der Waals surface area (Å²) in [6.45, 7) is 4.42. The second kappa shape index (κ2) is 9.48. The number of rotatable bonds is 5. The van der Waals surface area contributed by atoms with E-state index in [-0.39, 0.29) is 29.1 Å². The fraction of sp³-hybridized carbons (Fsp3) is 0.905. The molecule has 0 aromatic rings. The summed E-state index contributed by atoms with van der Waals surface area (Å²) in [6, 6.07) is 0.0529. The molecule has 26 heavy (non-hydrogen) atoms. The third kappa shape index (κ3) is 4.96. The monoisotopic (exact) mass is 380 g/mol. The van der Waals surface area contributed by atoms with Crippen LogP contribution in [0.25, 0.3) is 0 Å². The van der Waals surface area contributed by atoms with Crippen LogP contribution in [0.3, 0.4) is 0 Å². The number of carbonyl (C=O) groups is 2. The van der Waals surface area contributed by atoms with Gasteiger partial charge in [0.15, 0.2) is 0 Å². The van der Waals surface area contributed by atoms with Gasteiger partial charge in [0.25, 0.3) is 0 Å². The minimum absolute atomic E-state index is 0.0971. The molecular weight excluding hydrogens is 344 g/mol. The van der Waals surface area contributed by atoms with Gasteiger partial charge in [-0.3, -0.25) is 9.59 Å². The summed E-state index contributed by atoms with van der Waals surface area (Å²) < 4.78 is 0. The Balaban J connectivity index is 1.69. The van der Waals surface area contributed by atoms with Crippen LogP contribution in [-0.4, -0.2) is 39.9 Å². The van der Waals surface area contributed by atoms with Gasteiger partial charge in [0.05, 0.1) is 5.37 Å². The molecule has 148 valence electrons. The Hall–Kier alpha value is -0.710. The van der Waals surface area contributed by atoms with Crippen molar-refractivity contribution in [2.45, 2.75) is 102 Å². The molecule has 2 unspecified atom stereocenters. The molecule has 3 fully saturated rings. The van der Waals surface area contributed by atoms with Crippen molar-refractivity contribution in [3.8, 4) is 0 Å². The first-order chi connectivity index (χ1) is 12.6. The molecule has 0 radical (unpaired) electrons. The van der Waals surface area contributed by atoms with Gasteiger partial charge in [0, 0.05) is 17.7 Å². The summed E-state index contributed by atoms with van der Waals surface area (Å²) in [5, 5.41) is 3.45. The van der Waals surface area contributed by atoms with E-state index >= 15 is 0 Å². The number of amides is 2. The maximum absolute atomic E-state index is 13.3. The van der Waals surface area contributed by atoms with E-state index in [0.29, 0.717) is 12.0 Å². The predicted molar refractivity (Wildman–Crippen MR) is 108 cm³/mol. The lowest BCUT2D eigenvalue weighted by molar-refractivity contribution is -0.144. The van der Waals surface area contributed by atoms with Crippen LogP contribution in [0.1, 0.15) is 84.5 Å². The minimum atomic E-state index is -0.264. The summed E-state index contributed by atoms with van der Waals surface area (Å²) in [4.78, 5) is 28.4. The van der Waals surface area contributed by atoms with Crippen molar-refractivity contribution in [3.63, 3.8) is 0 Å². The molecule has 2 aliphatic carbocycles. The van der Waals surface area contributed by atoms with Gasteiger partial charge >= 0.3 is 0 Å². The number of carbonyl (C=O) groups excluding carboxylic acids is 2. The highest BCUT2D eigenvalue weighted by molar-refractivity contribution is 8.00. The molecule has 2 atom stereocenters. The predicted octanol–water partition coefficient (Wildman–Crippen LogP) is 4.33. The van der Waals surface area contributed by atoms with Gasteiger partial charge in [0.1, 0.15) is 6.04 Å². The molecule has 3 rings (SSSR count). The third-order valence-electron chi connectivity index (χ3n) is 6.23. The van der Waals surface area contributed by atoms with Crippen molar-refractivity contribution in [2.24, 2.45) is 11.8 Å². The zero-order chi connectivity index (χ0) is 18.5. The van der Waals surface area contributed by atoms with Crippen molar-refractivity contribution >= 4 is 23.6 Å². The fourth-order valence-corrected chi connectivity index (χ4v) is 6.40. The van der Waals surface area contributed by atoms with Gasteiger partial charge in [-0.2, -0.15) is 0 Å². The van der Waals surface area contributed by atoms with Crippen LogP contribution in [0.15, 0.2) is 0 Å². The molecule has 1 N–H and O–H groups in total. The van der Waals surface area contributed by atoms with Gasteiger partial charge < -0.3 is 10.2 Å². The smallest absolute Gasteiger partial charge is 0.243 e. The molecule has 0 bridgehead atoms. The number of thioether (sulfide) groups is 1. The lowest BCUT2D eigenvalue weighted by Crippen LogP contribution is -2.53. The first-order valence-corrected chi connectivity index (χ1v) is 11.8. The minimum Gasteiger partial charge on any atom is -0.352 e. The standard InChI is InChI=1S/C21H36N2O2S/c1-15(2)13-19-23(21(25)16-9-5-3-6-10-16)18(14-26-19)20(24)22-17-11-7-4-8-12-17/h15-19H,3-14H2,1-2H3,(H,22,24). The summed E-state index contributed by atoms with van der Waals surface area (Å²) in [5.74, 6) is 1.79. The highest BCUT2D eigenvalue weighted by atomic mass is 32.2. The van der Waals surface area contributed by atoms with Crippen LogP contribution in [-0.2, 0) is 9.59 Å². The fourth-order valence-electron chi connectivity index (χ4n) is 4.75. The van der Waals surface area contributed by atoms with Gasteiger partial charge in [0.2, 0.25) is 11.8 Å². The molecule has 0 aromatic heterocycles. The van der Waals surface area contributed by atoms with Gasteiger partial charge in [-0.25, -0.2) is 0 Å². The lowest BCUT2D eigenvalue weighted by Gasteiger charge is -2.35. The third-order valence-corrected chi connectivity index (χ3v) is 7.54. The Bertz CT molecular complexity index is 484. The van der Waals surface area contributed by atoms with Crippen LogP contribution >= 0.6 is 11.8 Å². The first-order valence-electron chi connectivity index (χ1n) is 10.8. The molecule has 1 heterocycles. The molecule has 1 saturated heterocycles. The largest absolute Gasteiger partial charge is 0.352 e. The molecule has 3 aliphatic rings. The van der Waals surface area contributed by atoms with Crippen molar-refractivity contribution in [3.05, 3.63) is 0 Å². The molecule has 1 aliphatic heterocycles. The average molecular weight is 381 g/mol. The maximum atomic E-state index is 13.3. The van der Waals surface area contributed by atoms with Crippen molar-refractivity contribution in [1.82, 2.24) is 10.2 Å². The topological polar surface area (TPSA) is 49.4 Å². The molecular formula is C21H36N2O2S. The number of hydrogen-bond acceptors (Lipinski definition) is 3. The average Bonchev–Trinajstić information content (AvgIpc) is 3.05. The van der Waals surface area contributed by atoms with E-state index in [1.165, 1.54) is 25.7 Å². The van der Waals surface area contributed by atoms with Crippen LogP contribution in [0.4, 0.5) is 0 Å². The summed E-state index contributed by atoms with van der Waals surface area (Å²) in [5.41, 5.74) is 0. The quantitative estimate of drug-likeness (QED) is 0.772. The van der Waals surface area contributed by atoms with Crippen molar-refractivity contribution in [1.29, 1.82) is 0 Å². The van der Waals surface area contributed by atoms with E-state index in [2.05, 4.69) is 19.2 Å². The van der Waals surface area contributed by atoms with E-state index in [4.69, 9.17) is 0 Å². The van der Waals surface area contributed by atoms with Crippen molar-refractivity contribution < 1.29 is 9.59 Å². The summed E-state index contributed by atoms with van der Waals surface area (Å²) in [6.07, 6.45) is 12.5. The van der Waals surface area contributed by atoms with E-state index < -0.39 is 0 Å². The second-order valence-corrected chi connectivity index (χ2v) is 10.1. The normalized spacial score (nSPS) is 28.5. The summed E-state index contributed by atoms with van der Waals surface area (Å²) in [7, 11) is 0. The van der Waals surface area contributed by atoms with E-state index in [1.54, 1.807) is 0 Å². The van der Waals surface area contributed by atoms with E-state index in [0.717, 1.165) is 50.7 Å². The Morgan fingerprint density at radius 3 is 2.23 bits per heavy atom. The Labute approximate surface area is 163 Å². The van der Waals surface area contributed by atoms with E-state index in [9.17, 15) is 9.59 Å². The highest BCUT2D eigenvalue weighted by Crippen LogP contribution is 2.37. The van der Waals surface area contributed by atoms with Crippen LogP contribution < -0.4 is 5.32 Å². The Morgan fingerprint density at radius 2 is 1.62 bits per heavy atom. The lowest BCUT2D eigenvalue weighted by atomic mass is 9.87. The molecule has 0 spiro atoms. The van der Waals surface area contributed by atoms with Crippen molar-refractivity contribution in [2.75, 3.05) is 5.75 Å². The van der Waals surface area contributed by atoms with E-state index in [1.807, 2.05) is 16.7 Å². The molecule has 2 saturated carbocycles. The zero-order valence-corrected chi connectivity index (χ0v) is 17.4. The van der Waals surface area contributed by atoms with Gasteiger partial charge in [-0.15, -0.1) is 11.8 Å². The first kappa shape index (κ1) is 20.0. The van der Waals surface area contributed by atoms with Gasteiger partial charge in [-0.1, -0.05) is 52.4 Å². The number of nitrogens with zero attached hydrogens (tertiary/aromatic N) is 1. The number of nitrogens with one attached hydrogen (secondary N) is 1. The van der Waals surface area contributed by atoms with Crippen LogP contribution in [0.2, 0.25) is 0 Å². The zero-order valence-electron chi connectivity index (χ0n) is 16.5. The second-order valence-electron chi connectivity index (χ2n) is 8.86. The SMILES string of the molecule is CC(C)CC1SCC(C(=O)NC2CCCCC2)N1C(=O)C1CCCCC1.